The molecule has 0 aliphatic carbocycles. The maximum Gasteiger partial charge on any atom is 0.0518 e. The van der Waals surface area contributed by atoms with E-state index in [1.165, 1.54) is 0 Å². The molecule has 0 radical (unpaired) electrons. The van der Waals surface area contributed by atoms with Crippen molar-refractivity contribution >= 4 is 0 Å². The molecule has 0 saturated carbocycles. The van der Waals surface area contributed by atoms with Gasteiger partial charge in [-0.25, -0.2) is 0 Å². The molecule has 1 aromatic heterocycles. The second kappa shape index (κ2) is 5.54. The summed E-state index contributed by atoms with van der Waals surface area (Å²) in [6, 6.07) is 2.35. The van der Waals surface area contributed by atoms with E-state index in [0.717, 1.165) is 18.7 Å². The minimum Gasteiger partial charge on any atom is -0.309 e. The summed E-state index contributed by atoms with van der Waals surface area (Å²) in [4.78, 5) is 0. The maximum absolute atomic E-state index is 3.91. The van der Waals surface area contributed by atoms with E-state index < -0.39 is 0 Å². The Kier molecular flexibility index (Phi) is 4.26. The molecule has 1 unspecified atom stereocenters. The van der Waals surface area contributed by atoms with E-state index in [2.05, 4.69) is 34.6 Å². The smallest absolute Gasteiger partial charge is 0.0518 e. The Morgan fingerprint density at radius 3 is 3.15 bits per heavy atom. The van der Waals surface area contributed by atoms with Crippen LogP contribution in [-0.4, -0.2) is 16.7 Å². The lowest BCUT2D eigenvalue weighted by Gasteiger charge is -2.10. The highest BCUT2D eigenvalue weighted by atomic mass is 15.1. The molecule has 0 aliphatic heterocycles. The van der Waals surface area contributed by atoms with Gasteiger partial charge in [0.2, 0.25) is 0 Å². The number of aromatic nitrogens is 2. The molecule has 0 saturated heterocycles. The van der Waals surface area contributed by atoms with Gasteiger partial charge >= 0.3 is 0 Å². The highest BCUT2D eigenvalue weighted by Crippen LogP contribution is 2.06. The van der Waals surface area contributed by atoms with E-state index in [-0.39, 0.29) is 0 Å². The van der Waals surface area contributed by atoms with E-state index in [9.17, 15) is 0 Å². The predicted octanol–water partition coefficient (Wildman–Crippen LogP) is 2.03. The summed E-state index contributed by atoms with van der Waals surface area (Å²) < 4.78 is 0. The fourth-order valence-electron chi connectivity index (χ4n) is 1.17. The first-order valence-corrected chi connectivity index (χ1v) is 4.68. The average molecular weight is 179 g/mol. The van der Waals surface area contributed by atoms with Crippen molar-refractivity contribution in [1.29, 1.82) is 0 Å². The highest BCUT2D eigenvalue weighted by molar-refractivity contribution is 5.02. The number of aromatic amines is 1. The Hall–Kier alpha value is -1.09. The highest BCUT2D eigenvalue weighted by Gasteiger charge is 2.03. The second-order valence-corrected chi connectivity index (χ2v) is 3.05. The van der Waals surface area contributed by atoms with E-state index in [1.54, 1.807) is 6.20 Å². The van der Waals surface area contributed by atoms with E-state index >= 15 is 0 Å². The summed E-state index contributed by atoms with van der Waals surface area (Å²) in [5.74, 6) is 0. The third kappa shape index (κ3) is 3.42. The molecule has 3 heteroatoms. The molecule has 72 valence electrons. The Balaban J connectivity index is 2.22. The molecule has 0 bridgehead atoms. The van der Waals surface area contributed by atoms with Crippen molar-refractivity contribution in [3.63, 3.8) is 0 Å². The van der Waals surface area contributed by atoms with Gasteiger partial charge in [-0.05, 0) is 32.9 Å². The van der Waals surface area contributed by atoms with Gasteiger partial charge in [0, 0.05) is 12.2 Å². The van der Waals surface area contributed by atoms with Crippen LogP contribution in [0, 0.1) is 0 Å². The zero-order valence-electron chi connectivity index (χ0n) is 8.25. The standard InChI is InChI=1S/C10H17N3/c1-3-4-5-7-11-9(2)10-6-8-12-13-10/h3-4,6,8-9,11H,5,7H2,1-2H3,(H,12,13)/b4-3+. The quantitative estimate of drug-likeness (QED) is 0.536. The molecular weight excluding hydrogens is 162 g/mol. The Bertz CT molecular complexity index is 239. The number of nitrogens with zero attached hydrogens (tertiary/aromatic N) is 1. The number of rotatable bonds is 5. The summed E-state index contributed by atoms with van der Waals surface area (Å²) in [7, 11) is 0. The van der Waals surface area contributed by atoms with E-state index in [4.69, 9.17) is 0 Å². The SMILES string of the molecule is C/C=C/CCNC(C)c1ccn[nH]1. The van der Waals surface area contributed by atoms with Gasteiger partial charge in [0.15, 0.2) is 0 Å². The summed E-state index contributed by atoms with van der Waals surface area (Å²) >= 11 is 0. The topological polar surface area (TPSA) is 40.7 Å². The van der Waals surface area contributed by atoms with Crippen molar-refractivity contribution in [2.75, 3.05) is 6.54 Å². The van der Waals surface area contributed by atoms with Gasteiger partial charge in [-0.1, -0.05) is 12.2 Å². The normalized spacial score (nSPS) is 13.7. The van der Waals surface area contributed by atoms with Crippen LogP contribution in [0.3, 0.4) is 0 Å². The lowest BCUT2D eigenvalue weighted by Crippen LogP contribution is -2.19. The summed E-state index contributed by atoms with van der Waals surface area (Å²) in [5, 5.41) is 10.3. The molecule has 0 aliphatic rings. The molecule has 1 heterocycles. The van der Waals surface area contributed by atoms with Gasteiger partial charge < -0.3 is 5.32 Å². The van der Waals surface area contributed by atoms with E-state index in [0.29, 0.717) is 6.04 Å². The third-order valence-electron chi connectivity index (χ3n) is 1.99. The van der Waals surface area contributed by atoms with Crippen molar-refractivity contribution in [2.45, 2.75) is 26.3 Å². The lowest BCUT2D eigenvalue weighted by molar-refractivity contribution is 0.566. The van der Waals surface area contributed by atoms with E-state index in [1.807, 2.05) is 13.0 Å². The molecule has 1 aromatic rings. The van der Waals surface area contributed by atoms with Crippen molar-refractivity contribution in [1.82, 2.24) is 15.5 Å². The van der Waals surface area contributed by atoms with Gasteiger partial charge in [0.05, 0.1) is 5.69 Å². The number of H-pyrrole nitrogens is 1. The largest absolute Gasteiger partial charge is 0.309 e. The van der Waals surface area contributed by atoms with Crippen molar-refractivity contribution in [3.05, 3.63) is 30.1 Å². The molecule has 1 rings (SSSR count). The fraction of sp³-hybridized carbons (Fsp3) is 0.500. The van der Waals surface area contributed by atoms with Gasteiger partial charge in [-0.3, -0.25) is 5.10 Å². The molecule has 3 nitrogen and oxygen atoms in total. The van der Waals surface area contributed by atoms with Crippen LogP contribution in [0.15, 0.2) is 24.4 Å². The molecule has 0 amide bonds. The Labute approximate surface area is 79.2 Å². The first kappa shape index (κ1) is 9.99. The summed E-state index contributed by atoms with van der Waals surface area (Å²) in [6.45, 7) is 5.17. The summed E-state index contributed by atoms with van der Waals surface area (Å²) in [6.07, 6.45) is 7.09. The molecular formula is C10H17N3. The maximum atomic E-state index is 3.91. The predicted molar refractivity (Wildman–Crippen MR) is 54.4 cm³/mol. The average Bonchev–Trinajstić information content (AvgIpc) is 2.65. The monoisotopic (exact) mass is 179 g/mol. The molecule has 0 fully saturated rings. The van der Waals surface area contributed by atoms with Crippen LogP contribution >= 0.6 is 0 Å². The molecule has 13 heavy (non-hydrogen) atoms. The van der Waals surface area contributed by atoms with Crippen molar-refractivity contribution < 1.29 is 0 Å². The van der Waals surface area contributed by atoms with Crippen molar-refractivity contribution in [3.8, 4) is 0 Å². The van der Waals surface area contributed by atoms with Crippen LogP contribution in [0.25, 0.3) is 0 Å². The Morgan fingerprint density at radius 2 is 2.54 bits per heavy atom. The Morgan fingerprint density at radius 1 is 1.69 bits per heavy atom. The zero-order valence-corrected chi connectivity index (χ0v) is 8.25. The van der Waals surface area contributed by atoms with Crippen LogP contribution in [0.4, 0.5) is 0 Å². The molecule has 2 N–H and O–H groups in total. The van der Waals surface area contributed by atoms with Gasteiger partial charge in [0.25, 0.3) is 0 Å². The third-order valence-corrected chi connectivity index (χ3v) is 1.99. The van der Waals surface area contributed by atoms with Crippen molar-refractivity contribution in [2.24, 2.45) is 0 Å². The first-order valence-electron chi connectivity index (χ1n) is 4.68. The summed E-state index contributed by atoms with van der Waals surface area (Å²) in [5.41, 5.74) is 1.14. The minimum absolute atomic E-state index is 0.354. The lowest BCUT2D eigenvalue weighted by atomic mass is 10.2. The molecule has 0 spiro atoms. The number of hydrogen-bond acceptors (Lipinski definition) is 2. The zero-order chi connectivity index (χ0) is 9.52. The van der Waals surface area contributed by atoms with Crippen LogP contribution < -0.4 is 5.32 Å². The minimum atomic E-state index is 0.354. The van der Waals surface area contributed by atoms with Crippen LogP contribution in [-0.2, 0) is 0 Å². The van der Waals surface area contributed by atoms with Crippen LogP contribution in [0.5, 0.6) is 0 Å². The first-order chi connectivity index (χ1) is 6.34. The van der Waals surface area contributed by atoms with Gasteiger partial charge in [0.1, 0.15) is 0 Å². The second-order valence-electron chi connectivity index (χ2n) is 3.05. The number of nitrogens with one attached hydrogen (secondary N) is 2. The van der Waals surface area contributed by atoms with Crippen LogP contribution in [0.2, 0.25) is 0 Å². The number of allylic oxidation sites excluding steroid dienone is 1. The fourth-order valence-corrected chi connectivity index (χ4v) is 1.17. The molecule has 0 aromatic carbocycles. The number of hydrogen-bond donors (Lipinski definition) is 2. The van der Waals surface area contributed by atoms with Gasteiger partial charge in [-0.2, -0.15) is 5.10 Å². The van der Waals surface area contributed by atoms with Gasteiger partial charge in [-0.15, -0.1) is 0 Å². The molecule has 1 atom stereocenters. The van der Waals surface area contributed by atoms with Crippen LogP contribution in [0.1, 0.15) is 32.0 Å².